The molecule has 3 rings (SSSR count). The molecule has 0 saturated carbocycles. The fourth-order valence-electron chi connectivity index (χ4n) is 3.60. The third-order valence-electron chi connectivity index (χ3n) is 5.32. The number of methoxy groups -OCH3 is 1. The van der Waals surface area contributed by atoms with Crippen molar-refractivity contribution in [2.45, 2.75) is 39.5 Å². The molecule has 11 heteroatoms. The van der Waals surface area contributed by atoms with Gasteiger partial charge in [0.05, 0.1) is 30.5 Å². The van der Waals surface area contributed by atoms with Crippen molar-refractivity contribution >= 4 is 51.9 Å². The lowest BCUT2D eigenvalue weighted by Gasteiger charge is -2.15. The Morgan fingerprint density at radius 2 is 1.73 bits per heavy atom. The van der Waals surface area contributed by atoms with E-state index in [1.54, 1.807) is 30.3 Å². The van der Waals surface area contributed by atoms with E-state index < -0.39 is 5.97 Å². The number of anilines is 2. The van der Waals surface area contributed by atoms with Gasteiger partial charge in [-0.15, -0.1) is 0 Å². The molecule has 1 amide bonds. The van der Waals surface area contributed by atoms with E-state index >= 15 is 0 Å². The summed E-state index contributed by atoms with van der Waals surface area (Å²) < 4.78 is 15.5. The fraction of sp³-hybridized carbons (Fsp3) is 0.346. The molecule has 0 aliphatic rings. The molecule has 37 heavy (non-hydrogen) atoms. The Morgan fingerprint density at radius 1 is 0.946 bits per heavy atom. The summed E-state index contributed by atoms with van der Waals surface area (Å²) in [6.07, 6.45) is 4.75. The summed E-state index contributed by atoms with van der Waals surface area (Å²) in [5.74, 6) is -0.0787. The van der Waals surface area contributed by atoms with Gasteiger partial charge in [-0.1, -0.05) is 18.0 Å². The largest absolute Gasteiger partial charge is 0.493 e. The Morgan fingerprint density at radius 3 is 2.46 bits per heavy atom. The van der Waals surface area contributed by atoms with E-state index in [9.17, 15) is 14.4 Å². The van der Waals surface area contributed by atoms with Crippen molar-refractivity contribution in [1.29, 1.82) is 0 Å². The van der Waals surface area contributed by atoms with E-state index in [-0.39, 0.29) is 17.6 Å². The van der Waals surface area contributed by atoms with Gasteiger partial charge in [-0.05, 0) is 43.5 Å². The number of nitrogens with zero attached hydrogens (tertiary/aromatic N) is 2. The molecule has 10 nitrogen and oxygen atoms in total. The highest BCUT2D eigenvalue weighted by molar-refractivity contribution is 6.31. The minimum atomic E-state index is -0.498. The van der Waals surface area contributed by atoms with Gasteiger partial charge in [0, 0.05) is 36.9 Å². The number of ether oxygens (including phenoxy) is 3. The van der Waals surface area contributed by atoms with Crippen molar-refractivity contribution in [2.75, 3.05) is 25.6 Å². The molecule has 1 heterocycles. The highest BCUT2D eigenvalue weighted by atomic mass is 35.5. The molecular weight excluding hydrogens is 500 g/mol. The molecule has 0 aliphatic heterocycles. The summed E-state index contributed by atoms with van der Waals surface area (Å²) >= 11 is 6.23. The van der Waals surface area contributed by atoms with E-state index in [1.165, 1.54) is 27.3 Å². The van der Waals surface area contributed by atoms with E-state index in [0.29, 0.717) is 51.9 Å². The zero-order valence-electron chi connectivity index (χ0n) is 20.9. The van der Waals surface area contributed by atoms with E-state index in [2.05, 4.69) is 20.6 Å². The Bertz CT molecular complexity index is 1280. The third-order valence-corrected chi connectivity index (χ3v) is 5.55. The average Bonchev–Trinajstić information content (AvgIpc) is 2.85. The summed E-state index contributed by atoms with van der Waals surface area (Å²) in [6.45, 7) is 3.59. The van der Waals surface area contributed by atoms with Crippen LogP contribution in [-0.2, 0) is 14.3 Å². The van der Waals surface area contributed by atoms with Crippen LogP contribution in [0.25, 0.3) is 10.9 Å². The monoisotopic (exact) mass is 528 g/mol. The Hall–Kier alpha value is -3.92. The number of fused-ring (bicyclic) bond motifs is 1. The molecule has 0 saturated heterocycles. The summed E-state index contributed by atoms with van der Waals surface area (Å²) in [7, 11) is 1.47. The fourth-order valence-corrected chi connectivity index (χ4v) is 3.77. The number of carbonyl (C=O) groups is 3. The van der Waals surface area contributed by atoms with Gasteiger partial charge >= 0.3 is 11.9 Å². The minimum Gasteiger partial charge on any atom is -0.493 e. The number of carbonyl (C=O) groups excluding carboxylic acids is 3. The van der Waals surface area contributed by atoms with Crippen molar-refractivity contribution in [3.8, 4) is 11.5 Å². The van der Waals surface area contributed by atoms with Gasteiger partial charge < -0.3 is 24.8 Å². The highest BCUT2D eigenvalue weighted by Gasteiger charge is 2.16. The molecule has 0 spiro atoms. The minimum absolute atomic E-state index is 0.220. The molecule has 0 radical (unpaired) electrons. The first kappa shape index (κ1) is 27.7. The summed E-state index contributed by atoms with van der Waals surface area (Å²) in [5, 5.41) is 7.09. The Kier molecular flexibility index (Phi) is 10.0. The van der Waals surface area contributed by atoms with Crippen LogP contribution < -0.4 is 20.1 Å². The van der Waals surface area contributed by atoms with Crippen molar-refractivity contribution < 1.29 is 28.6 Å². The van der Waals surface area contributed by atoms with Gasteiger partial charge in [0.15, 0.2) is 11.5 Å². The van der Waals surface area contributed by atoms with Crippen LogP contribution in [0.5, 0.6) is 11.5 Å². The molecule has 0 fully saturated rings. The topological polar surface area (TPSA) is 129 Å². The Labute approximate surface area is 219 Å². The van der Waals surface area contributed by atoms with Crippen molar-refractivity contribution in [3.05, 3.63) is 47.2 Å². The zero-order chi connectivity index (χ0) is 26.8. The van der Waals surface area contributed by atoms with Gasteiger partial charge in [-0.25, -0.2) is 9.97 Å². The summed E-state index contributed by atoms with van der Waals surface area (Å²) in [4.78, 5) is 43.9. The molecule has 0 bridgehead atoms. The predicted molar refractivity (Wildman–Crippen MR) is 140 cm³/mol. The van der Waals surface area contributed by atoms with Crippen LogP contribution in [0.2, 0.25) is 5.02 Å². The number of halogens is 1. The molecule has 2 N–H and O–H groups in total. The van der Waals surface area contributed by atoms with Crippen LogP contribution in [0.15, 0.2) is 36.7 Å². The first-order chi connectivity index (χ1) is 17.8. The standard InChI is InChI=1S/C26H29ClN4O6/c1-16(32)36-11-7-5-4-6-10-28-26(34)19-9-8-18(27)12-22(19)31-25-20-13-24(37-17(2)33)23(35-3)14-21(20)29-15-30-25/h8-9,12-15H,4-7,10-11H2,1-3H3,(H,28,34)(H,29,30,31). The van der Waals surface area contributed by atoms with Crippen LogP contribution in [0.3, 0.4) is 0 Å². The number of unbranched alkanes of at least 4 members (excludes halogenated alkanes) is 3. The lowest BCUT2D eigenvalue weighted by Crippen LogP contribution is -2.25. The van der Waals surface area contributed by atoms with Gasteiger partial charge in [-0.3, -0.25) is 14.4 Å². The van der Waals surface area contributed by atoms with E-state index in [0.717, 1.165) is 25.7 Å². The van der Waals surface area contributed by atoms with Gasteiger partial charge in [0.2, 0.25) is 0 Å². The molecule has 1 aromatic heterocycles. The molecular formula is C26H29ClN4O6. The van der Waals surface area contributed by atoms with Crippen molar-refractivity contribution in [1.82, 2.24) is 15.3 Å². The SMILES string of the molecule is COc1cc2ncnc(Nc3cc(Cl)ccc3C(=O)NCCCCCCOC(C)=O)c2cc1OC(C)=O. The number of hydrogen-bond acceptors (Lipinski definition) is 9. The number of hydrogen-bond donors (Lipinski definition) is 2. The molecule has 196 valence electrons. The molecule has 2 aromatic carbocycles. The highest BCUT2D eigenvalue weighted by Crippen LogP contribution is 2.35. The lowest BCUT2D eigenvalue weighted by molar-refractivity contribution is -0.141. The first-order valence-corrected chi connectivity index (χ1v) is 12.2. The van der Waals surface area contributed by atoms with Crippen LogP contribution in [-0.4, -0.2) is 48.1 Å². The van der Waals surface area contributed by atoms with Gasteiger partial charge in [0.1, 0.15) is 12.1 Å². The molecule has 3 aromatic rings. The second-order valence-electron chi connectivity index (χ2n) is 8.16. The quantitative estimate of drug-likeness (QED) is 0.193. The maximum absolute atomic E-state index is 12.9. The molecule has 0 atom stereocenters. The van der Waals surface area contributed by atoms with E-state index in [1.807, 2.05) is 0 Å². The third kappa shape index (κ3) is 8.04. The number of rotatable bonds is 12. The molecule has 0 unspecified atom stereocenters. The number of amides is 1. The normalized spacial score (nSPS) is 10.6. The van der Waals surface area contributed by atoms with Crippen LogP contribution in [0.1, 0.15) is 49.9 Å². The average molecular weight is 529 g/mol. The number of esters is 2. The predicted octanol–water partition coefficient (Wildman–Crippen LogP) is 4.81. The van der Waals surface area contributed by atoms with Gasteiger partial charge in [0.25, 0.3) is 5.91 Å². The van der Waals surface area contributed by atoms with Crippen LogP contribution in [0, 0.1) is 0 Å². The summed E-state index contributed by atoms with van der Waals surface area (Å²) in [6, 6.07) is 8.14. The maximum atomic E-state index is 12.9. The lowest BCUT2D eigenvalue weighted by atomic mass is 10.1. The van der Waals surface area contributed by atoms with Gasteiger partial charge in [-0.2, -0.15) is 0 Å². The Balaban J connectivity index is 1.73. The van der Waals surface area contributed by atoms with E-state index in [4.69, 9.17) is 25.8 Å². The zero-order valence-corrected chi connectivity index (χ0v) is 21.7. The second-order valence-corrected chi connectivity index (χ2v) is 8.60. The van der Waals surface area contributed by atoms with Crippen LogP contribution in [0.4, 0.5) is 11.5 Å². The van der Waals surface area contributed by atoms with Crippen LogP contribution >= 0.6 is 11.6 Å². The number of benzene rings is 2. The maximum Gasteiger partial charge on any atom is 0.308 e. The van der Waals surface area contributed by atoms with Crippen molar-refractivity contribution in [2.24, 2.45) is 0 Å². The molecule has 0 aliphatic carbocycles. The smallest absolute Gasteiger partial charge is 0.308 e. The van der Waals surface area contributed by atoms with Crippen molar-refractivity contribution in [3.63, 3.8) is 0 Å². The number of nitrogens with one attached hydrogen (secondary N) is 2. The first-order valence-electron chi connectivity index (χ1n) is 11.8. The second kappa shape index (κ2) is 13.4. The summed E-state index contributed by atoms with van der Waals surface area (Å²) in [5.41, 5.74) is 1.39. The number of aromatic nitrogens is 2.